The Balaban J connectivity index is 1.95. The smallest absolute Gasteiger partial charge is 0.279 e. The van der Waals surface area contributed by atoms with Crippen molar-refractivity contribution in [1.29, 1.82) is 0 Å². The van der Waals surface area contributed by atoms with Gasteiger partial charge in [0.05, 0.1) is 0 Å². The molecule has 0 saturated carbocycles. The van der Waals surface area contributed by atoms with E-state index in [0.29, 0.717) is 19.0 Å². The standard InChI is InChI=1S/C15H24ClN3O2S/c1-4-18(3)22(20,21)17-10-13-7-8-19(11-13)15-9-14(16)6-5-12(15)2/h5-6,9,13,17H,4,7-8,10-11H2,1-3H3/t13-/m1/s1. The van der Waals surface area contributed by atoms with Crippen molar-refractivity contribution in [3.05, 3.63) is 28.8 Å². The molecule has 0 spiro atoms. The highest BCUT2D eigenvalue weighted by Gasteiger charge is 2.26. The number of benzene rings is 1. The Morgan fingerprint density at radius 2 is 2.18 bits per heavy atom. The molecule has 1 heterocycles. The first kappa shape index (κ1) is 17.5. The van der Waals surface area contributed by atoms with Crippen LogP contribution >= 0.6 is 11.6 Å². The van der Waals surface area contributed by atoms with Crippen molar-refractivity contribution in [2.24, 2.45) is 5.92 Å². The van der Waals surface area contributed by atoms with Crippen molar-refractivity contribution in [2.75, 3.05) is 38.1 Å². The van der Waals surface area contributed by atoms with Gasteiger partial charge in [0, 0.05) is 43.9 Å². The number of rotatable bonds is 6. The van der Waals surface area contributed by atoms with Crippen LogP contribution in [0, 0.1) is 12.8 Å². The van der Waals surface area contributed by atoms with Crippen molar-refractivity contribution in [3.63, 3.8) is 0 Å². The van der Waals surface area contributed by atoms with Gasteiger partial charge in [-0.2, -0.15) is 12.7 Å². The van der Waals surface area contributed by atoms with Crippen LogP contribution in [0.1, 0.15) is 18.9 Å². The summed E-state index contributed by atoms with van der Waals surface area (Å²) < 4.78 is 27.9. The van der Waals surface area contributed by atoms with Crippen molar-refractivity contribution < 1.29 is 8.42 Å². The van der Waals surface area contributed by atoms with Crippen LogP contribution < -0.4 is 9.62 Å². The fraction of sp³-hybridized carbons (Fsp3) is 0.600. The molecule has 1 aromatic rings. The highest BCUT2D eigenvalue weighted by molar-refractivity contribution is 7.87. The Labute approximate surface area is 138 Å². The maximum Gasteiger partial charge on any atom is 0.279 e. The Bertz CT molecular complexity index is 621. The molecule has 1 N–H and O–H groups in total. The zero-order valence-electron chi connectivity index (χ0n) is 13.3. The van der Waals surface area contributed by atoms with E-state index in [1.165, 1.54) is 9.87 Å². The minimum Gasteiger partial charge on any atom is -0.371 e. The lowest BCUT2D eigenvalue weighted by molar-refractivity contribution is 0.462. The summed E-state index contributed by atoms with van der Waals surface area (Å²) in [5.41, 5.74) is 2.33. The van der Waals surface area contributed by atoms with Crippen molar-refractivity contribution in [3.8, 4) is 0 Å². The number of hydrogen-bond acceptors (Lipinski definition) is 3. The molecule has 0 aliphatic carbocycles. The fourth-order valence-electron chi connectivity index (χ4n) is 2.64. The van der Waals surface area contributed by atoms with E-state index in [9.17, 15) is 8.42 Å². The zero-order valence-corrected chi connectivity index (χ0v) is 14.9. The molecule has 1 aromatic carbocycles. The van der Waals surface area contributed by atoms with Gasteiger partial charge >= 0.3 is 0 Å². The lowest BCUT2D eigenvalue weighted by Crippen LogP contribution is -2.40. The van der Waals surface area contributed by atoms with Gasteiger partial charge in [0.2, 0.25) is 0 Å². The predicted octanol–water partition coefficient (Wildman–Crippen LogP) is 2.26. The number of hydrogen-bond donors (Lipinski definition) is 1. The minimum atomic E-state index is -3.35. The molecule has 0 radical (unpaired) electrons. The van der Waals surface area contributed by atoms with Crippen LogP contribution in [0.5, 0.6) is 0 Å². The number of anilines is 1. The highest BCUT2D eigenvalue weighted by atomic mass is 35.5. The average molecular weight is 346 g/mol. The van der Waals surface area contributed by atoms with Crippen LogP contribution in [0.3, 0.4) is 0 Å². The summed E-state index contributed by atoms with van der Waals surface area (Å²) in [6.07, 6.45) is 0.977. The molecule has 0 bridgehead atoms. The molecule has 2 rings (SSSR count). The molecule has 124 valence electrons. The van der Waals surface area contributed by atoms with Gasteiger partial charge < -0.3 is 4.90 Å². The van der Waals surface area contributed by atoms with E-state index in [2.05, 4.69) is 16.5 Å². The molecule has 0 aromatic heterocycles. The van der Waals surface area contributed by atoms with Gasteiger partial charge in [-0.3, -0.25) is 0 Å². The first-order chi connectivity index (χ1) is 10.3. The molecule has 1 aliphatic heterocycles. The molecule has 22 heavy (non-hydrogen) atoms. The number of aryl methyl sites for hydroxylation is 1. The van der Waals surface area contributed by atoms with Crippen LogP contribution in [0.25, 0.3) is 0 Å². The largest absolute Gasteiger partial charge is 0.371 e. The van der Waals surface area contributed by atoms with E-state index in [4.69, 9.17) is 11.6 Å². The molecule has 0 unspecified atom stereocenters. The van der Waals surface area contributed by atoms with Gasteiger partial charge in [-0.1, -0.05) is 24.6 Å². The van der Waals surface area contributed by atoms with Gasteiger partial charge in [-0.15, -0.1) is 0 Å². The first-order valence-corrected chi connectivity index (χ1v) is 9.37. The normalized spacial score (nSPS) is 19.1. The van der Waals surface area contributed by atoms with Crippen LogP contribution in [0.4, 0.5) is 5.69 Å². The number of nitrogens with one attached hydrogen (secondary N) is 1. The maximum atomic E-state index is 12.0. The molecule has 1 atom stereocenters. The second-order valence-corrected chi connectivity index (χ2v) is 8.10. The third-order valence-corrected chi connectivity index (χ3v) is 6.05. The van der Waals surface area contributed by atoms with Crippen molar-refractivity contribution in [2.45, 2.75) is 20.3 Å². The van der Waals surface area contributed by atoms with Gasteiger partial charge in [-0.25, -0.2) is 4.72 Å². The summed E-state index contributed by atoms with van der Waals surface area (Å²) >= 11 is 6.08. The van der Waals surface area contributed by atoms with E-state index >= 15 is 0 Å². The van der Waals surface area contributed by atoms with Gasteiger partial charge in [0.15, 0.2) is 0 Å². The van der Waals surface area contributed by atoms with Gasteiger partial charge in [0.25, 0.3) is 10.2 Å². The van der Waals surface area contributed by atoms with Crippen LogP contribution in [-0.4, -0.2) is 45.9 Å². The Morgan fingerprint density at radius 3 is 2.86 bits per heavy atom. The average Bonchev–Trinajstić information content (AvgIpc) is 2.95. The summed E-state index contributed by atoms with van der Waals surface area (Å²) in [7, 11) is -1.77. The summed E-state index contributed by atoms with van der Waals surface area (Å²) in [5, 5.41) is 0.731. The minimum absolute atomic E-state index is 0.318. The third kappa shape index (κ3) is 4.13. The quantitative estimate of drug-likeness (QED) is 0.860. The molecular weight excluding hydrogens is 322 g/mol. The lowest BCUT2D eigenvalue weighted by Gasteiger charge is -2.22. The molecule has 1 fully saturated rings. The molecule has 1 saturated heterocycles. The Morgan fingerprint density at radius 1 is 1.45 bits per heavy atom. The number of halogens is 1. The van der Waals surface area contributed by atoms with E-state index in [0.717, 1.165) is 30.2 Å². The highest BCUT2D eigenvalue weighted by Crippen LogP contribution is 2.29. The van der Waals surface area contributed by atoms with E-state index < -0.39 is 10.2 Å². The maximum absolute atomic E-state index is 12.0. The fourth-order valence-corrected chi connectivity index (χ4v) is 3.82. The van der Waals surface area contributed by atoms with Crippen LogP contribution in [0.15, 0.2) is 18.2 Å². The SMILES string of the molecule is CCN(C)S(=O)(=O)NC[C@H]1CCN(c2cc(Cl)ccc2C)C1. The lowest BCUT2D eigenvalue weighted by atomic mass is 10.1. The monoisotopic (exact) mass is 345 g/mol. The van der Waals surface area contributed by atoms with Crippen molar-refractivity contribution >= 4 is 27.5 Å². The predicted molar refractivity (Wildman–Crippen MR) is 91.7 cm³/mol. The topological polar surface area (TPSA) is 52.7 Å². The Kier molecular flexibility index (Phi) is 5.71. The summed E-state index contributed by atoms with van der Waals surface area (Å²) in [6.45, 7) is 6.60. The van der Waals surface area contributed by atoms with E-state index in [1.807, 2.05) is 25.1 Å². The van der Waals surface area contributed by atoms with Crippen LogP contribution in [-0.2, 0) is 10.2 Å². The second-order valence-electron chi connectivity index (χ2n) is 5.80. The summed E-state index contributed by atoms with van der Waals surface area (Å²) in [4.78, 5) is 2.28. The number of nitrogens with zero attached hydrogens (tertiary/aromatic N) is 2. The van der Waals surface area contributed by atoms with Crippen LogP contribution in [0.2, 0.25) is 5.02 Å². The summed E-state index contributed by atoms with van der Waals surface area (Å²) in [6, 6.07) is 5.89. The zero-order chi connectivity index (χ0) is 16.3. The molecule has 7 heteroatoms. The Hall–Kier alpha value is -0.820. The first-order valence-electron chi connectivity index (χ1n) is 7.55. The third-order valence-electron chi connectivity index (χ3n) is 4.21. The molecule has 5 nitrogen and oxygen atoms in total. The van der Waals surface area contributed by atoms with E-state index in [1.54, 1.807) is 7.05 Å². The summed E-state index contributed by atoms with van der Waals surface area (Å²) in [5.74, 6) is 0.318. The molecular formula is C15H24ClN3O2S. The van der Waals surface area contributed by atoms with E-state index in [-0.39, 0.29) is 0 Å². The van der Waals surface area contributed by atoms with Gasteiger partial charge in [0.1, 0.15) is 0 Å². The molecule has 1 aliphatic rings. The second kappa shape index (κ2) is 7.17. The van der Waals surface area contributed by atoms with Gasteiger partial charge in [-0.05, 0) is 37.0 Å². The molecule has 0 amide bonds. The van der Waals surface area contributed by atoms with Crippen molar-refractivity contribution in [1.82, 2.24) is 9.03 Å².